The monoisotopic (exact) mass is 246 g/mol. The van der Waals surface area contributed by atoms with Crippen LogP contribution in [0.2, 0.25) is 0 Å². The quantitative estimate of drug-likeness (QED) is 0.871. The SMILES string of the molecule is CCNC(=O)c1cc2ccccc2c(=O)n1OC. The molecule has 0 aliphatic carbocycles. The lowest BCUT2D eigenvalue weighted by Crippen LogP contribution is -2.34. The molecule has 0 unspecified atom stereocenters. The fourth-order valence-corrected chi connectivity index (χ4v) is 1.83. The number of pyridine rings is 1. The Bertz CT molecular complexity index is 646. The number of fused-ring (bicyclic) bond motifs is 1. The predicted molar refractivity (Wildman–Crippen MR) is 68.7 cm³/mol. The molecule has 18 heavy (non-hydrogen) atoms. The van der Waals surface area contributed by atoms with Crippen LogP contribution in [0.4, 0.5) is 0 Å². The van der Waals surface area contributed by atoms with Crippen molar-refractivity contribution < 1.29 is 9.63 Å². The molecule has 1 aromatic carbocycles. The Labute approximate surface area is 104 Å². The van der Waals surface area contributed by atoms with E-state index in [2.05, 4.69) is 5.32 Å². The summed E-state index contributed by atoms with van der Waals surface area (Å²) in [6, 6.07) is 8.73. The number of aromatic nitrogens is 1. The molecule has 0 fully saturated rings. The molecule has 0 bridgehead atoms. The Morgan fingerprint density at radius 3 is 2.78 bits per heavy atom. The minimum atomic E-state index is -0.336. The average molecular weight is 246 g/mol. The van der Waals surface area contributed by atoms with E-state index in [1.54, 1.807) is 24.3 Å². The molecule has 0 aliphatic heterocycles. The van der Waals surface area contributed by atoms with Gasteiger partial charge in [-0.05, 0) is 24.4 Å². The molecule has 2 aromatic rings. The van der Waals surface area contributed by atoms with Crippen LogP contribution in [0.25, 0.3) is 10.8 Å². The molecule has 5 heteroatoms. The second kappa shape index (κ2) is 4.91. The first kappa shape index (κ1) is 12.2. The number of carbonyl (C=O) groups is 1. The Balaban J connectivity index is 2.73. The van der Waals surface area contributed by atoms with E-state index in [1.165, 1.54) is 7.11 Å². The van der Waals surface area contributed by atoms with Crippen molar-refractivity contribution in [1.29, 1.82) is 0 Å². The fraction of sp³-hybridized carbons (Fsp3) is 0.231. The van der Waals surface area contributed by atoms with Gasteiger partial charge in [-0.25, -0.2) is 0 Å². The highest BCUT2D eigenvalue weighted by atomic mass is 16.6. The van der Waals surface area contributed by atoms with Crippen LogP contribution in [0.5, 0.6) is 0 Å². The van der Waals surface area contributed by atoms with E-state index in [9.17, 15) is 9.59 Å². The maximum Gasteiger partial charge on any atom is 0.291 e. The van der Waals surface area contributed by atoms with Crippen LogP contribution in [-0.2, 0) is 0 Å². The topological polar surface area (TPSA) is 60.3 Å². The highest BCUT2D eigenvalue weighted by Crippen LogP contribution is 2.11. The van der Waals surface area contributed by atoms with E-state index in [1.807, 2.05) is 13.0 Å². The largest absolute Gasteiger partial charge is 0.413 e. The first-order chi connectivity index (χ1) is 8.69. The number of hydrogen-bond acceptors (Lipinski definition) is 3. The molecule has 0 saturated heterocycles. The van der Waals surface area contributed by atoms with E-state index in [-0.39, 0.29) is 17.2 Å². The third-order valence-electron chi connectivity index (χ3n) is 2.64. The minimum Gasteiger partial charge on any atom is -0.413 e. The molecule has 0 saturated carbocycles. The number of hydrogen-bond donors (Lipinski definition) is 1. The van der Waals surface area contributed by atoms with Gasteiger partial charge in [0.05, 0.1) is 5.39 Å². The van der Waals surface area contributed by atoms with Gasteiger partial charge < -0.3 is 10.2 Å². The zero-order chi connectivity index (χ0) is 13.1. The fourth-order valence-electron chi connectivity index (χ4n) is 1.83. The van der Waals surface area contributed by atoms with Crippen molar-refractivity contribution in [2.45, 2.75) is 6.92 Å². The van der Waals surface area contributed by atoms with Gasteiger partial charge in [-0.1, -0.05) is 18.2 Å². The summed E-state index contributed by atoms with van der Waals surface area (Å²) in [5.41, 5.74) is -0.139. The summed E-state index contributed by atoms with van der Waals surface area (Å²) in [7, 11) is 1.36. The van der Waals surface area contributed by atoms with Gasteiger partial charge in [0.2, 0.25) is 0 Å². The smallest absolute Gasteiger partial charge is 0.291 e. The van der Waals surface area contributed by atoms with Crippen molar-refractivity contribution in [3.05, 3.63) is 46.4 Å². The van der Waals surface area contributed by atoms with E-state index >= 15 is 0 Å². The lowest BCUT2D eigenvalue weighted by atomic mass is 10.1. The van der Waals surface area contributed by atoms with Crippen LogP contribution in [0.1, 0.15) is 17.4 Å². The molecule has 0 aliphatic rings. The van der Waals surface area contributed by atoms with Gasteiger partial charge in [0.25, 0.3) is 11.5 Å². The summed E-state index contributed by atoms with van der Waals surface area (Å²) in [4.78, 5) is 29.0. The van der Waals surface area contributed by atoms with Gasteiger partial charge >= 0.3 is 0 Å². The first-order valence-corrected chi connectivity index (χ1v) is 5.66. The highest BCUT2D eigenvalue weighted by Gasteiger charge is 2.15. The predicted octanol–water partition coefficient (Wildman–Crippen LogP) is 0.810. The van der Waals surface area contributed by atoms with Crippen LogP contribution in [0, 0.1) is 0 Å². The standard InChI is InChI=1S/C13H14N2O3/c1-3-14-12(16)11-8-9-6-4-5-7-10(9)13(17)15(11)18-2/h4-8H,3H2,1-2H3,(H,14,16). The lowest BCUT2D eigenvalue weighted by Gasteiger charge is -2.11. The molecule has 0 radical (unpaired) electrons. The number of rotatable bonds is 3. The Hall–Kier alpha value is -2.30. The van der Waals surface area contributed by atoms with Crippen LogP contribution in [0.3, 0.4) is 0 Å². The summed E-state index contributed by atoms with van der Waals surface area (Å²) in [6.07, 6.45) is 0. The second-order valence-electron chi connectivity index (χ2n) is 3.76. The van der Waals surface area contributed by atoms with Crippen LogP contribution in [-0.4, -0.2) is 24.3 Å². The number of amides is 1. The van der Waals surface area contributed by atoms with Gasteiger partial charge in [-0.2, -0.15) is 0 Å². The highest BCUT2D eigenvalue weighted by molar-refractivity contribution is 5.96. The van der Waals surface area contributed by atoms with Crippen LogP contribution in [0.15, 0.2) is 35.1 Å². The van der Waals surface area contributed by atoms with Gasteiger partial charge in [0.15, 0.2) is 0 Å². The number of carbonyl (C=O) groups excluding carboxylic acids is 1. The Morgan fingerprint density at radius 2 is 2.11 bits per heavy atom. The summed E-state index contributed by atoms with van der Waals surface area (Å²) < 4.78 is 1.01. The number of nitrogens with zero attached hydrogens (tertiary/aromatic N) is 1. The molecule has 2 rings (SSSR count). The first-order valence-electron chi connectivity index (χ1n) is 5.66. The van der Waals surface area contributed by atoms with Crippen molar-refractivity contribution in [1.82, 2.24) is 10.0 Å². The zero-order valence-corrected chi connectivity index (χ0v) is 10.3. The zero-order valence-electron chi connectivity index (χ0n) is 10.3. The molecule has 1 heterocycles. The lowest BCUT2D eigenvalue weighted by molar-refractivity contribution is 0.0886. The minimum absolute atomic E-state index is 0.197. The summed E-state index contributed by atoms with van der Waals surface area (Å²) in [5.74, 6) is -0.331. The van der Waals surface area contributed by atoms with Gasteiger partial charge in [0.1, 0.15) is 12.8 Å². The maximum absolute atomic E-state index is 12.1. The summed E-state index contributed by atoms with van der Waals surface area (Å²) in [6.45, 7) is 2.30. The van der Waals surface area contributed by atoms with E-state index in [4.69, 9.17) is 4.84 Å². The van der Waals surface area contributed by atoms with Crippen molar-refractivity contribution in [3.63, 3.8) is 0 Å². The Morgan fingerprint density at radius 1 is 1.39 bits per heavy atom. The maximum atomic E-state index is 12.1. The molecule has 0 spiro atoms. The third kappa shape index (κ3) is 1.95. The van der Waals surface area contributed by atoms with E-state index in [0.29, 0.717) is 11.9 Å². The summed E-state index contributed by atoms with van der Waals surface area (Å²) in [5, 5.41) is 3.89. The summed E-state index contributed by atoms with van der Waals surface area (Å²) >= 11 is 0. The molecule has 1 aromatic heterocycles. The second-order valence-corrected chi connectivity index (χ2v) is 3.76. The molecular weight excluding hydrogens is 232 g/mol. The third-order valence-corrected chi connectivity index (χ3v) is 2.64. The van der Waals surface area contributed by atoms with Crippen molar-refractivity contribution >= 4 is 16.7 Å². The number of benzene rings is 1. The Kier molecular flexibility index (Phi) is 3.32. The molecule has 5 nitrogen and oxygen atoms in total. The van der Waals surface area contributed by atoms with E-state index < -0.39 is 0 Å². The van der Waals surface area contributed by atoms with Crippen molar-refractivity contribution in [3.8, 4) is 0 Å². The van der Waals surface area contributed by atoms with Gasteiger partial charge in [-0.15, -0.1) is 4.73 Å². The molecular formula is C13H14N2O3. The molecule has 94 valence electrons. The van der Waals surface area contributed by atoms with E-state index in [0.717, 1.165) is 10.1 Å². The van der Waals surface area contributed by atoms with Crippen molar-refractivity contribution in [2.75, 3.05) is 13.7 Å². The van der Waals surface area contributed by atoms with Gasteiger partial charge in [0, 0.05) is 6.54 Å². The number of nitrogens with one attached hydrogen (secondary N) is 1. The molecule has 1 amide bonds. The molecule has 0 atom stereocenters. The van der Waals surface area contributed by atoms with Gasteiger partial charge in [-0.3, -0.25) is 9.59 Å². The van der Waals surface area contributed by atoms with Crippen molar-refractivity contribution in [2.24, 2.45) is 0 Å². The normalized spacial score (nSPS) is 10.3. The average Bonchev–Trinajstić information content (AvgIpc) is 2.39. The molecule has 1 N–H and O–H groups in total. The van der Waals surface area contributed by atoms with Crippen LogP contribution < -0.4 is 15.7 Å². The van der Waals surface area contributed by atoms with Crippen LogP contribution >= 0.6 is 0 Å².